The van der Waals surface area contributed by atoms with Crippen LogP contribution in [0.3, 0.4) is 0 Å². The summed E-state index contributed by atoms with van der Waals surface area (Å²) in [5, 5.41) is 2.80. The molecule has 5 nitrogen and oxygen atoms in total. The first-order valence-electron chi connectivity index (χ1n) is 7.12. The van der Waals surface area contributed by atoms with E-state index in [1.165, 1.54) is 0 Å². The Morgan fingerprint density at radius 2 is 2.16 bits per heavy atom. The van der Waals surface area contributed by atoms with E-state index in [2.05, 4.69) is 12.2 Å². The molecular formula is C14H26N2O3. The average molecular weight is 270 g/mol. The standard InChI is InChI=1S/C14H26N2O3/c1-4-5-6-9-19-11-13(18)16-8-7-15-12(17)10-14(16,2)3/h4-11H2,1-3H3,(H,15,17). The van der Waals surface area contributed by atoms with E-state index in [4.69, 9.17) is 4.74 Å². The largest absolute Gasteiger partial charge is 0.372 e. The monoisotopic (exact) mass is 270 g/mol. The van der Waals surface area contributed by atoms with Crippen molar-refractivity contribution in [3.8, 4) is 0 Å². The lowest BCUT2D eigenvalue weighted by molar-refractivity contribution is -0.141. The lowest BCUT2D eigenvalue weighted by atomic mass is 9.98. The van der Waals surface area contributed by atoms with Crippen LogP contribution >= 0.6 is 0 Å². The van der Waals surface area contributed by atoms with Gasteiger partial charge in [0.1, 0.15) is 6.61 Å². The second kappa shape index (κ2) is 7.48. The highest BCUT2D eigenvalue weighted by molar-refractivity contribution is 5.82. The highest BCUT2D eigenvalue weighted by Gasteiger charge is 2.34. The Bertz CT molecular complexity index is 316. The fourth-order valence-corrected chi connectivity index (χ4v) is 2.31. The van der Waals surface area contributed by atoms with Gasteiger partial charge in [-0.15, -0.1) is 0 Å². The minimum atomic E-state index is -0.440. The molecule has 0 radical (unpaired) electrons. The second-order valence-corrected chi connectivity index (χ2v) is 5.64. The molecule has 1 aliphatic heterocycles. The number of hydrogen-bond acceptors (Lipinski definition) is 3. The number of carbonyl (C=O) groups excluding carboxylic acids is 2. The number of unbranched alkanes of at least 4 members (excludes halogenated alkanes) is 2. The Morgan fingerprint density at radius 3 is 2.84 bits per heavy atom. The topological polar surface area (TPSA) is 58.6 Å². The number of nitrogens with one attached hydrogen (secondary N) is 1. The van der Waals surface area contributed by atoms with Gasteiger partial charge in [-0.05, 0) is 20.3 Å². The van der Waals surface area contributed by atoms with Crippen molar-refractivity contribution in [1.29, 1.82) is 0 Å². The molecule has 0 unspecified atom stereocenters. The van der Waals surface area contributed by atoms with E-state index < -0.39 is 5.54 Å². The van der Waals surface area contributed by atoms with Gasteiger partial charge in [0.05, 0.1) is 0 Å². The molecule has 0 aliphatic carbocycles. The van der Waals surface area contributed by atoms with Gasteiger partial charge in [0.2, 0.25) is 11.8 Å². The molecule has 1 N–H and O–H groups in total. The zero-order valence-corrected chi connectivity index (χ0v) is 12.3. The Kier molecular flexibility index (Phi) is 6.28. The van der Waals surface area contributed by atoms with E-state index in [0.29, 0.717) is 26.1 Å². The van der Waals surface area contributed by atoms with Gasteiger partial charge in [-0.3, -0.25) is 9.59 Å². The minimum Gasteiger partial charge on any atom is -0.372 e. The van der Waals surface area contributed by atoms with Crippen molar-refractivity contribution in [3.05, 3.63) is 0 Å². The van der Waals surface area contributed by atoms with E-state index in [9.17, 15) is 9.59 Å². The van der Waals surface area contributed by atoms with Crippen molar-refractivity contribution < 1.29 is 14.3 Å². The molecule has 1 fully saturated rings. The van der Waals surface area contributed by atoms with Crippen molar-refractivity contribution in [2.75, 3.05) is 26.3 Å². The summed E-state index contributed by atoms with van der Waals surface area (Å²) in [5.41, 5.74) is -0.440. The van der Waals surface area contributed by atoms with Crippen molar-refractivity contribution in [2.24, 2.45) is 0 Å². The lowest BCUT2D eigenvalue weighted by Gasteiger charge is -2.36. The fourth-order valence-electron chi connectivity index (χ4n) is 2.31. The van der Waals surface area contributed by atoms with E-state index in [-0.39, 0.29) is 18.4 Å². The van der Waals surface area contributed by atoms with Crippen LogP contribution in [0, 0.1) is 0 Å². The first-order chi connectivity index (χ1) is 8.97. The molecule has 0 spiro atoms. The zero-order chi connectivity index (χ0) is 14.3. The average Bonchev–Trinajstić information content (AvgIpc) is 2.46. The van der Waals surface area contributed by atoms with Gasteiger partial charge in [-0.1, -0.05) is 19.8 Å². The van der Waals surface area contributed by atoms with Crippen LogP contribution in [0.25, 0.3) is 0 Å². The predicted octanol–water partition coefficient (Wildman–Crippen LogP) is 1.32. The highest BCUT2D eigenvalue weighted by Crippen LogP contribution is 2.20. The number of rotatable bonds is 6. The summed E-state index contributed by atoms with van der Waals surface area (Å²) in [6, 6.07) is 0. The zero-order valence-electron chi connectivity index (χ0n) is 12.3. The van der Waals surface area contributed by atoms with Gasteiger partial charge in [0.15, 0.2) is 0 Å². The molecule has 0 saturated carbocycles. The fraction of sp³-hybridized carbons (Fsp3) is 0.857. The van der Waals surface area contributed by atoms with Crippen molar-refractivity contribution in [2.45, 2.75) is 52.0 Å². The number of ether oxygens (including phenoxy) is 1. The molecule has 1 rings (SSSR count). The lowest BCUT2D eigenvalue weighted by Crippen LogP contribution is -2.49. The summed E-state index contributed by atoms with van der Waals surface area (Å²) in [7, 11) is 0. The molecule has 2 amide bonds. The first-order valence-corrected chi connectivity index (χ1v) is 7.12. The minimum absolute atomic E-state index is 0.00386. The first kappa shape index (κ1) is 16.0. The van der Waals surface area contributed by atoms with Crippen molar-refractivity contribution in [1.82, 2.24) is 10.2 Å². The van der Waals surface area contributed by atoms with Crippen LogP contribution in [-0.2, 0) is 14.3 Å². The SMILES string of the molecule is CCCCCOCC(=O)N1CCNC(=O)CC1(C)C. The molecule has 0 atom stereocenters. The Morgan fingerprint density at radius 1 is 1.42 bits per heavy atom. The van der Waals surface area contributed by atoms with E-state index in [1.54, 1.807) is 4.90 Å². The highest BCUT2D eigenvalue weighted by atomic mass is 16.5. The number of carbonyl (C=O) groups is 2. The Balaban J connectivity index is 2.43. The van der Waals surface area contributed by atoms with Crippen LogP contribution in [0.5, 0.6) is 0 Å². The van der Waals surface area contributed by atoms with Crippen LogP contribution in [-0.4, -0.2) is 48.6 Å². The summed E-state index contributed by atoms with van der Waals surface area (Å²) in [6.07, 6.45) is 3.61. The summed E-state index contributed by atoms with van der Waals surface area (Å²) in [5.74, 6) is -0.0258. The normalized spacial score (nSPS) is 18.9. The van der Waals surface area contributed by atoms with Gasteiger partial charge in [-0.2, -0.15) is 0 Å². The third kappa shape index (κ3) is 5.19. The van der Waals surface area contributed by atoms with Crippen LogP contribution in [0.2, 0.25) is 0 Å². The van der Waals surface area contributed by atoms with Crippen molar-refractivity contribution in [3.63, 3.8) is 0 Å². The molecule has 0 aromatic heterocycles. The molecule has 0 aromatic carbocycles. The maximum absolute atomic E-state index is 12.2. The number of amides is 2. The molecule has 19 heavy (non-hydrogen) atoms. The number of nitrogens with zero attached hydrogens (tertiary/aromatic N) is 1. The van der Waals surface area contributed by atoms with Crippen LogP contribution in [0.15, 0.2) is 0 Å². The number of hydrogen-bond donors (Lipinski definition) is 1. The van der Waals surface area contributed by atoms with Crippen molar-refractivity contribution >= 4 is 11.8 Å². The molecule has 0 bridgehead atoms. The summed E-state index contributed by atoms with van der Waals surface area (Å²) in [4.78, 5) is 25.4. The third-order valence-corrected chi connectivity index (χ3v) is 3.40. The van der Waals surface area contributed by atoms with Gasteiger partial charge in [-0.25, -0.2) is 0 Å². The summed E-state index contributed by atoms with van der Waals surface area (Å²) in [6.45, 7) is 7.79. The maximum Gasteiger partial charge on any atom is 0.249 e. The molecule has 1 heterocycles. The second-order valence-electron chi connectivity index (χ2n) is 5.64. The molecular weight excluding hydrogens is 244 g/mol. The smallest absolute Gasteiger partial charge is 0.249 e. The molecule has 110 valence electrons. The van der Waals surface area contributed by atoms with Gasteiger partial charge >= 0.3 is 0 Å². The van der Waals surface area contributed by atoms with Crippen LogP contribution in [0.1, 0.15) is 46.5 Å². The van der Waals surface area contributed by atoms with Crippen LogP contribution < -0.4 is 5.32 Å². The van der Waals surface area contributed by atoms with E-state index in [1.807, 2.05) is 13.8 Å². The van der Waals surface area contributed by atoms with Gasteiger partial charge in [0, 0.05) is 31.7 Å². The van der Waals surface area contributed by atoms with E-state index >= 15 is 0 Å². The Labute approximate surface area is 115 Å². The molecule has 1 aliphatic rings. The Hall–Kier alpha value is -1.10. The summed E-state index contributed by atoms with van der Waals surface area (Å²) >= 11 is 0. The maximum atomic E-state index is 12.2. The quantitative estimate of drug-likeness (QED) is 0.741. The molecule has 5 heteroatoms. The predicted molar refractivity (Wildman–Crippen MR) is 73.8 cm³/mol. The molecule has 1 saturated heterocycles. The van der Waals surface area contributed by atoms with E-state index in [0.717, 1.165) is 19.3 Å². The third-order valence-electron chi connectivity index (χ3n) is 3.40. The van der Waals surface area contributed by atoms with Gasteiger partial charge in [0.25, 0.3) is 0 Å². The molecule has 0 aromatic rings. The van der Waals surface area contributed by atoms with Gasteiger partial charge < -0.3 is 15.0 Å². The summed E-state index contributed by atoms with van der Waals surface area (Å²) < 4.78 is 5.42. The van der Waals surface area contributed by atoms with Crippen LogP contribution in [0.4, 0.5) is 0 Å².